The maximum Gasteiger partial charge on any atom is 0.387 e. The van der Waals surface area contributed by atoms with Crippen molar-refractivity contribution in [2.45, 2.75) is 19.1 Å². The summed E-state index contributed by atoms with van der Waals surface area (Å²) in [7, 11) is 3.63. The monoisotopic (exact) mass is 302 g/mol. The SMILES string of the molecule is CN(C)CC(C)(O)CNC(=O)c1ccc(OC(F)F)cc1. The number of halogens is 2. The zero-order valence-corrected chi connectivity index (χ0v) is 12.3. The van der Waals surface area contributed by atoms with Crippen LogP contribution >= 0.6 is 0 Å². The van der Waals surface area contributed by atoms with Gasteiger partial charge >= 0.3 is 6.61 Å². The van der Waals surface area contributed by atoms with E-state index >= 15 is 0 Å². The number of nitrogens with zero attached hydrogens (tertiary/aromatic N) is 1. The third-order valence-electron chi connectivity index (χ3n) is 2.63. The average Bonchev–Trinajstić information content (AvgIpc) is 2.34. The first kappa shape index (κ1) is 17.3. The molecule has 0 heterocycles. The first-order valence-electron chi connectivity index (χ1n) is 6.40. The molecular formula is C14H20F2N2O3. The number of amides is 1. The van der Waals surface area contributed by atoms with Crippen LogP contribution in [0.1, 0.15) is 17.3 Å². The van der Waals surface area contributed by atoms with Gasteiger partial charge in [-0.25, -0.2) is 0 Å². The summed E-state index contributed by atoms with van der Waals surface area (Å²) in [6, 6.07) is 5.35. The molecule has 7 heteroatoms. The van der Waals surface area contributed by atoms with E-state index < -0.39 is 18.1 Å². The summed E-state index contributed by atoms with van der Waals surface area (Å²) in [5, 5.41) is 12.7. The van der Waals surface area contributed by atoms with Crippen LogP contribution in [0.2, 0.25) is 0 Å². The van der Waals surface area contributed by atoms with E-state index in [1.165, 1.54) is 24.3 Å². The third-order valence-corrected chi connectivity index (χ3v) is 2.63. The van der Waals surface area contributed by atoms with Gasteiger partial charge in [0.2, 0.25) is 0 Å². The van der Waals surface area contributed by atoms with Crippen LogP contribution in [0.4, 0.5) is 8.78 Å². The van der Waals surface area contributed by atoms with E-state index in [1.54, 1.807) is 6.92 Å². The van der Waals surface area contributed by atoms with Crippen molar-refractivity contribution in [2.24, 2.45) is 0 Å². The number of hydrogen-bond acceptors (Lipinski definition) is 4. The Hall–Kier alpha value is -1.73. The first-order chi connectivity index (χ1) is 9.69. The van der Waals surface area contributed by atoms with E-state index in [1.807, 2.05) is 19.0 Å². The summed E-state index contributed by atoms with van der Waals surface area (Å²) in [6.07, 6.45) is 0. The van der Waals surface area contributed by atoms with Crippen LogP contribution in [0.5, 0.6) is 5.75 Å². The van der Waals surface area contributed by atoms with Gasteiger partial charge in [-0.15, -0.1) is 0 Å². The number of benzene rings is 1. The summed E-state index contributed by atoms with van der Waals surface area (Å²) in [5.74, 6) is -0.404. The van der Waals surface area contributed by atoms with Gasteiger partial charge in [0, 0.05) is 18.7 Å². The number of likely N-dealkylation sites (N-methyl/N-ethyl adjacent to an activating group) is 1. The molecule has 0 aliphatic rings. The molecule has 1 aromatic carbocycles. The van der Waals surface area contributed by atoms with Gasteiger partial charge in [-0.05, 0) is 45.3 Å². The van der Waals surface area contributed by atoms with E-state index in [4.69, 9.17) is 0 Å². The molecule has 0 radical (unpaired) electrons. The number of carbonyl (C=O) groups is 1. The molecule has 21 heavy (non-hydrogen) atoms. The second-order valence-electron chi connectivity index (χ2n) is 5.32. The number of hydrogen-bond donors (Lipinski definition) is 2. The van der Waals surface area contributed by atoms with Gasteiger partial charge in [-0.2, -0.15) is 8.78 Å². The minimum absolute atomic E-state index is 0.0128. The average molecular weight is 302 g/mol. The Bertz CT molecular complexity index is 462. The highest BCUT2D eigenvalue weighted by Gasteiger charge is 2.22. The van der Waals surface area contributed by atoms with E-state index in [0.717, 1.165) is 0 Å². The molecule has 1 amide bonds. The second kappa shape index (κ2) is 7.33. The molecule has 0 saturated heterocycles. The molecule has 0 aromatic heterocycles. The maximum atomic E-state index is 12.0. The second-order valence-corrected chi connectivity index (χ2v) is 5.32. The third kappa shape index (κ3) is 6.50. The fourth-order valence-corrected chi connectivity index (χ4v) is 1.90. The van der Waals surface area contributed by atoms with Gasteiger partial charge in [-0.3, -0.25) is 4.79 Å². The van der Waals surface area contributed by atoms with Crippen molar-refractivity contribution in [1.82, 2.24) is 10.2 Å². The quantitative estimate of drug-likeness (QED) is 0.798. The summed E-state index contributed by atoms with van der Waals surface area (Å²) in [6.45, 7) is -0.800. The van der Waals surface area contributed by atoms with Gasteiger partial charge < -0.3 is 20.1 Å². The summed E-state index contributed by atoms with van der Waals surface area (Å²) < 4.78 is 28.2. The van der Waals surface area contributed by atoms with Gasteiger partial charge in [0.15, 0.2) is 0 Å². The highest BCUT2D eigenvalue weighted by molar-refractivity contribution is 5.94. The highest BCUT2D eigenvalue weighted by atomic mass is 19.3. The lowest BCUT2D eigenvalue weighted by atomic mass is 10.1. The van der Waals surface area contributed by atoms with Crippen molar-refractivity contribution in [3.8, 4) is 5.75 Å². The Morgan fingerprint density at radius 2 is 1.95 bits per heavy atom. The van der Waals surface area contributed by atoms with E-state index in [0.29, 0.717) is 12.1 Å². The Morgan fingerprint density at radius 1 is 1.38 bits per heavy atom. The molecule has 0 fully saturated rings. The van der Waals surface area contributed by atoms with E-state index in [-0.39, 0.29) is 12.3 Å². The molecule has 2 N–H and O–H groups in total. The standard InChI is InChI=1S/C14H20F2N2O3/c1-14(20,9-18(2)3)8-17-12(19)10-4-6-11(7-5-10)21-13(15)16/h4-7,13,20H,8-9H2,1-3H3,(H,17,19). The molecule has 0 saturated carbocycles. The lowest BCUT2D eigenvalue weighted by Crippen LogP contribution is -2.47. The number of ether oxygens (including phenoxy) is 1. The van der Waals surface area contributed by atoms with E-state index in [2.05, 4.69) is 10.1 Å². The predicted octanol–water partition coefficient (Wildman–Crippen LogP) is 1.33. The van der Waals surface area contributed by atoms with Crippen molar-refractivity contribution >= 4 is 5.91 Å². The maximum absolute atomic E-state index is 12.0. The molecule has 1 rings (SSSR count). The minimum atomic E-state index is -2.90. The zero-order valence-electron chi connectivity index (χ0n) is 12.3. The Kier molecular flexibility index (Phi) is 6.04. The summed E-state index contributed by atoms with van der Waals surface area (Å²) in [4.78, 5) is 13.7. The van der Waals surface area contributed by atoms with Crippen LogP contribution in [0.25, 0.3) is 0 Å². The van der Waals surface area contributed by atoms with Crippen LogP contribution in [0.3, 0.4) is 0 Å². The number of nitrogens with one attached hydrogen (secondary N) is 1. The zero-order chi connectivity index (χ0) is 16.0. The Morgan fingerprint density at radius 3 is 2.43 bits per heavy atom. The molecule has 0 spiro atoms. The Balaban J connectivity index is 2.56. The van der Waals surface area contributed by atoms with Crippen LogP contribution < -0.4 is 10.1 Å². The van der Waals surface area contributed by atoms with Crippen molar-refractivity contribution in [1.29, 1.82) is 0 Å². The van der Waals surface area contributed by atoms with Crippen LogP contribution in [0, 0.1) is 0 Å². The summed E-state index contributed by atoms with van der Waals surface area (Å²) in [5.41, 5.74) is -0.755. The molecule has 118 valence electrons. The normalized spacial score (nSPS) is 14.1. The highest BCUT2D eigenvalue weighted by Crippen LogP contribution is 2.15. The topological polar surface area (TPSA) is 61.8 Å². The molecule has 1 aromatic rings. The van der Waals surface area contributed by atoms with Gasteiger partial charge in [0.1, 0.15) is 5.75 Å². The van der Waals surface area contributed by atoms with Crippen LogP contribution in [-0.2, 0) is 0 Å². The lowest BCUT2D eigenvalue weighted by Gasteiger charge is -2.27. The largest absolute Gasteiger partial charge is 0.435 e. The van der Waals surface area contributed by atoms with Gasteiger partial charge in [0.25, 0.3) is 5.91 Å². The first-order valence-corrected chi connectivity index (χ1v) is 6.40. The smallest absolute Gasteiger partial charge is 0.387 e. The predicted molar refractivity (Wildman–Crippen MR) is 74.6 cm³/mol. The fraction of sp³-hybridized carbons (Fsp3) is 0.500. The van der Waals surface area contributed by atoms with E-state index in [9.17, 15) is 18.7 Å². The minimum Gasteiger partial charge on any atom is -0.435 e. The number of rotatable bonds is 7. The van der Waals surface area contributed by atoms with Crippen molar-refractivity contribution in [2.75, 3.05) is 27.2 Å². The molecule has 0 aliphatic carbocycles. The molecule has 1 atom stereocenters. The number of aliphatic hydroxyl groups is 1. The van der Waals surface area contributed by atoms with Gasteiger partial charge in [-0.1, -0.05) is 0 Å². The van der Waals surface area contributed by atoms with Crippen LogP contribution in [0.15, 0.2) is 24.3 Å². The molecule has 5 nitrogen and oxygen atoms in total. The van der Waals surface area contributed by atoms with Crippen molar-refractivity contribution < 1.29 is 23.4 Å². The lowest BCUT2D eigenvalue weighted by molar-refractivity contribution is -0.0498. The van der Waals surface area contributed by atoms with Crippen LogP contribution in [-0.4, -0.2) is 55.3 Å². The molecular weight excluding hydrogens is 282 g/mol. The van der Waals surface area contributed by atoms with Crippen molar-refractivity contribution in [3.05, 3.63) is 29.8 Å². The molecule has 0 bridgehead atoms. The number of alkyl halides is 2. The Labute approximate surface area is 122 Å². The van der Waals surface area contributed by atoms with Crippen molar-refractivity contribution in [3.63, 3.8) is 0 Å². The summed E-state index contributed by atoms with van der Waals surface area (Å²) >= 11 is 0. The fourth-order valence-electron chi connectivity index (χ4n) is 1.90. The number of carbonyl (C=O) groups excluding carboxylic acids is 1. The molecule has 1 unspecified atom stereocenters. The molecule has 0 aliphatic heterocycles. The van der Waals surface area contributed by atoms with Gasteiger partial charge in [0.05, 0.1) is 5.60 Å².